The molecule has 10 heteroatoms. The molecule has 0 aromatic carbocycles. The fourth-order valence-electron chi connectivity index (χ4n) is 1.53. The van der Waals surface area contributed by atoms with Crippen LogP contribution in [0.2, 0.25) is 0 Å². The average Bonchev–Trinajstić information content (AvgIpc) is 3.02. The molecule has 0 atom stereocenters. The molecule has 3 rings (SSSR count). The molecule has 0 aliphatic carbocycles. The zero-order valence-corrected chi connectivity index (χ0v) is 12.9. The monoisotopic (exact) mass is 326 g/mol. The average molecular weight is 326 g/mol. The predicted molar refractivity (Wildman–Crippen MR) is 80.4 cm³/mol. The zero-order valence-electron chi connectivity index (χ0n) is 10.4. The van der Waals surface area contributed by atoms with Gasteiger partial charge in [-0.25, -0.2) is 4.98 Å². The van der Waals surface area contributed by atoms with Crippen LogP contribution in [0.15, 0.2) is 15.2 Å². The minimum Gasteiger partial charge on any atom is -0.374 e. The molecule has 0 saturated heterocycles. The molecule has 0 unspecified atom stereocenters. The standard InChI is InChI=1S/C10H10N6OS3/c1-2-6-15-16-7(17)3-5(12-9(16)19-6)4-18-10-14-13-8(11)20-10/h3H,2,4H2,1H3,(H2,11,13). The van der Waals surface area contributed by atoms with Crippen molar-refractivity contribution in [3.8, 4) is 0 Å². The Labute approximate surface area is 125 Å². The van der Waals surface area contributed by atoms with Crippen LogP contribution < -0.4 is 11.3 Å². The Hall–Kier alpha value is -1.52. The number of thioether (sulfide) groups is 1. The van der Waals surface area contributed by atoms with E-state index in [1.165, 1.54) is 45.0 Å². The molecule has 3 aromatic heterocycles. The molecule has 3 aromatic rings. The summed E-state index contributed by atoms with van der Waals surface area (Å²) in [4.78, 5) is 17.0. The molecule has 0 amide bonds. The van der Waals surface area contributed by atoms with Gasteiger partial charge in [0, 0.05) is 11.8 Å². The van der Waals surface area contributed by atoms with E-state index in [-0.39, 0.29) is 5.56 Å². The van der Waals surface area contributed by atoms with Crippen molar-refractivity contribution in [3.05, 3.63) is 27.1 Å². The van der Waals surface area contributed by atoms with Gasteiger partial charge in [-0.1, -0.05) is 41.4 Å². The fraction of sp³-hybridized carbons (Fsp3) is 0.300. The van der Waals surface area contributed by atoms with Crippen molar-refractivity contribution in [2.24, 2.45) is 0 Å². The molecular formula is C10H10N6OS3. The predicted octanol–water partition coefficient (Wildman–Crippen LogP) is 1.44. The van der Waals surface area contributed by atoms with Gasteiger partial charge in [-0.3, -0.25) is 4.79 Å². The van der Waals surface area contributed by atoms with E-state index in [1.807, 2.05) is 6.92 Å². The maximum Gasteiger partial charge on any atom is 0.275 e. The van der Waals surface area contributed by atoms with E-state index in [9.17, 15) is 4.79 Å². The second-order valence-electron chi connectivity index (χ2n) is 3.82. The number of aryl methyl sites for hydroxylation is 1. The third-order valence-electron chi connectivity index (χ3n) is 2.41. The molecule has 7 nitrogen and oxygen atoms in total. The van der Waals surface area contributed by atoms with Gasteiger partial charge in [-0.15, -0.1) is 10.2 Å². The molecule has 0 spiro atoms. The Bertz CT molecular complexity index is 807. The lowest BCUT2D eigenvalue weighted by atomic mass is 10.4. The highest BCUT2D eigenvalue weighted by molar-refractivity contribution is 8.00. The quantitative estimate of drug-likeness (QED) is 0.724. The summed E-state index contributed by atoms with van der Waals surface area (Å²) in [5.74, 6) is 0.555. The van der Waals surface area contributed by atoms with E-state index >= 15 is 0 Å². The van der Waals surface area contributed by atoms with Gasteiger partial charge < -0.3 is 5.73 Å². The number of hydrogen-bond acceptors (Lipinski definition) is 9. The van der Waals surface area contributed by atoms with Crippen LogP contribution in [0.5, 0.6) is 0 Å². The van der Waals surface area contributed by atoms with Gasteiger partial charge in [0.05, 0.1) is 5.69 Å². The molecule has 0 bridgehead atoms. The van der Waals surface area contributed by atoms with Crippen molar-refractivity contribution in [1.82, 2.24) is 24.8 Å². The Balaban J connectivity index is 1.86. The summed E-state index contributed by atoms with van der Waals surface area (Å²) in [5.41, 5.74) is 6.07. The zero-order chi connectivity index (χ0) is 14.1. The fourth-order valence-corrected chi connectivity index (χ4v) is 3.91. The molecule has 104 valence electrons. The topological polar surface area (TPSA) is 99.1 Å². The third kappa shape index (κ3) is 2.67. The molecule has 0 aliphatic rings. The molecule has 0 radical (unpaired) electrons. The Morgan fingerprint density at radius 2 is 2.25 bits per heavy atom. The van der Waals surface area contributed by atoms with Crippen LogP contribution in [-0.2, 0) is 12.2 Å². The minimum atomic E-state index is -0.154. The van der Waals surface area contributed by atoms with Crippen molar-refractivity contribution < 1.29 is 0 Å². The van der Waals surface area contributed by atoms with Gasteiger partial charge >= 0.3 is 0 Å². The lowest BCUT2D eigenvalue weighted by Gasteiger charge is -1.97. The number of aromatic nitrogens is 5. The summed E-state index contributed by atoms with van der Waals surface area (Å²) in [7, 11) is 0. The van der Waals surface area contributed by atoms with Crippen LogP contribution in [0.3, 0.4) is 0 Å². The lowest BCUT2D eigenvalue weighted by Crippen LogP contribution is -2.15. The summed E-state index contributed by atoms with van der Waals surface area (Å²) < 4.78 is 2.11. The smallest absolute Gasteiger partial charge is 0.275 e. The number of nitrogens with zero attached hydrogens (tertiary/aromatic N) is 5. The molecule has 0 aliphatic heterocycles. The molecular weight excluding hydrogens is 316 g/mol. The van der Waals surface area contributed by atoms with E-state index in [1.54, 1.807) is 0 Å². The van der Waals surface area contributed by atoms with Gasteiger partial charge in [0.2, 0.25) is 10.1 Å². The highest BCUT2D eigenvalue weighted by Gasteiger charge is 2.09. The lowest BCUT2D eigenvalue weighted by molar-refractivity contribution is 0.852. The Morgan fingerprint density at radius 3 is 2.95 bits per heavy atom. The van der Waals surface area contributed by atoms with Crippen LogP contribution in [-0.4, -0.2) is 24.8 Å². The summed E-state index contributed by atoms with van der Waals surface area (Å²) in [6, 6.07) is 1.50. The van der Waals surface area contributed by atoms with Crippen molar-refractivity contribution in [1.29, 1.82) is 0 Å². The van der Waals surface area contributed by atoms with Crippen molar-refractivity contribution in [2.75, 3.05) is 5.73 Å². The number of nitrogens with two attached hydrogens (primary N) is 1. The maximum absolute atomic E-state index is 12.0. The normalized spacial score (nSPS) is 11.2. The maximum atomic E-state index is 12.0. The molecule has 0 saturated carbocycles. The number of fused-ring (bicyclic) bond motifs is 1. The molecule has 0 fully saturated rings. The number of nitrogen functional groups attached to an aromatic ring is 1. The van der Waals surface area contributed by atoms with E-state index in [0.29, 0.717) is 21.5 Å². The molecule has 3 heterocycles. The first-order valence-electron chi connectivity index (χ1n) is 5.76. The van der Waals surface area contributed by atoms with Crippen LogP contribution >= 0.6 is 34.4 Å². The number of anilines is 1. The van der Waals surface area contributed by atoms with Crippen molar-refractivity contribution in [3.63, 3.8) is 0 Å². The summed E-state index contributed by atoms with van der Waals surface area (Å²) >= 11 is 4.22. The van der Waals surface area contributed by atoms with E-state index in [4.69, 9.17) is 5.73 Å². The van der Waals surface area contributed by atoms with Crippen LogP contribution in [0.1, 0.15) is 17.6 Å². The van der Waals surface area contributed by atoms with Crippen molar-refractivity contribution >= 4 is 44.5 Å². The minimum absolute atomic E-state index is 0.154. The highest BCUT2D eigenvalue weighted by Crippen LogP contribution is 2.26. The third-order valence-corrected chi connectivity index (χ3v) is 5.38. The number of rotatable bonds is 4. The first kappa shape index (κ1) is 13.5. The van der Waals surface area contributed by atoms with Gasteiger partial charge in [0.15, 0.2) is 4.34 Å². The van der Waals surface area contributed by atoms with Gasteiger partial charge in [0.1, 0.15) is 5.01 Å². The van der Waals surface area contributed by atoms with Crippen molar-refractivity contribution in [2.45, 2.75) is 23.4 Å². The van der Waals surface area contributed by atoms with E-state index < -0.39 is 0 Å². The largest absolute Gasteiger partial charge is 0.374 e. The Morgan fingerprint density at radius 1 is 1.40 bits per heavy atom. The molecule has 2 N–H and O–H groups in total. The van der Waals surface area contributed by atoms with E-state index in [0.717, 1.165) is 15.8 Å². The first-order chi connectivity index (χ1) is 9.65. The SMILES string of the molecule is CCc1nn2c(=O)cc(CSc3nnc(N)s3)nc2s1. The summed E-state index contributed by atoms with van der Waals surface area (Å²) in [6.45, 7) is 2.00. The number of hydrogen-bond donors (Lipinski definition) is 1. The second-order valence-corrected chi connectivity index (χ2v) is 7.10. The summed E-state index contributed by atoms with van der Waals surface area (Å²) in [6.07, 6.45) is 0.793. The van der Waals surface area contributed by atoms with Crippen LogP contribution in [0.25, 0.3) is 4.96 Å². The van der Waals surface area contributed by atoms with Gasteiger partial charge in [-0.2, -0.15) is 9.61 Å². The highest BCUT2D eigenvalue weighted by atomic mass is 32.2. The first-order valence-corrected chi connectivity index (χ1v) is 8.38. The van der Waals surface area contributed by atoms with Gasteiger partial charge in [-0.05, 0) is 6.42 Å². The summed E-state index contributed by atoms with van der Waals surface area (Å²) in [5, 5.41) is 13.2. The van der Waals surface area contributed by atoms with E-state index in [2.05, 4.69) is 20.3 Å². The van der Waals surface area contributed by atoms with Crippen LogP contribution in [0.4, 0.5) is 5.13 Å². The Kier molecular flexibility index (Phi) is 3.68. The van der Waals surface area contributed by atoms with Crippen LogP contribution in [0, 0.1) is 0 Å². The van der Waals surface area contributed by atoms with Gasteiger partial charge in [0.25, 0.3) is 5.56 Å². The molecule has 20 heavy (non-hydrogen) atoms. The second kappa shape index (κ2) is 5.46.